The Balaban J connectivity index is 0.986. The molecule has 3 aromatic rings. The molecule has 0 atom stereocenters. The Morgan fingerprint density at radius 2 is 2.08 bits per heavy atom. The van der Waals surface area contributed by atoms with Crippen LogP contribution in [0, 0.1) is 5.41 Å². The molecule has 2 aliphatic carbocycles. The second-order valence-corrected chi connectivity index (χ2v) is 12.1. The number of hydrogen-bond acceptors (Lipinski definition) is 8. The minimum absolute atomic E-state index is 0.0174. The third kappa shape index (κ3) is 5.48. The predicted molar refractivity (Wildman–Crippen MR) is 144 cm³/mol. The monoisotopic (exact) mass is 549 g/mol. The molecule has 0 aromatic carbocycles. The van der Waals surface area contributed by atoms with Gasteiger partial charge >= 0.3 is 0 Å². The second-order valence-electron chi connectivity index (χ2n) is 12.1. The number of amides is 2. The Hall–Kier alpha value is -3.70. The Kier molecular flexibility index (Phi) is 6.66. The molecule has 0 bridgehead atoms. The molecule has 6 rings (SSSR count). The van der Waals surface area contributed by atoms with Gasteiger partial charge in [0.15, 0.2) is 0 Å². The molecule has 2 amide bonds. The molecule has 1 aliphatic heterocycles. The van der Waals surface area contributed by atoms with Gasteiger partial charge in [0.05, 0.1) is 48.8 Å². The molecule has 40 heavy (non-hydrogen) atoms. The molecule has 1 spiro atoms. The summed E-state index contributed by atoms with van der Waals surface area (Å²) >= 11 is 0. The number of hydrogen-bond donors (Lipinski definition) is 3. The summed E-state index contributed by atoms with van der Waals surface area (Å²) in [5, 5.41) is 17.4. The topological polar surface area (TPSA) is 150 Å². The van der Waals surface area contributed by atoms with Gasteiger partial charge in [0.1, 0.15) is 24.0 Å². The number of ether oxygens (including phenoxy) is 3. The van der Waals surface area contributed by atoms with Crippen LogP contribution in [0.5, 0.6) is 11.6 Å². The van der Waals surface area contributed by atoms with E-state index < -0.39 is 11.5 Å². The molecule has 0 saturated heterocycles. The summed E-state index contributed by atoms with van der Waals surface area (Å²) in [7, 11) is 0. The van der Waals surface area contributed by atoms with E-state index in [-0.39, 0.29) is 36.5 Å². The number of aromatic nitrogens is 3. The number of aliphatic hydroxyl groups is 1. The zero-order chi connectivity index (χ0) is 28.1. The van der Waals surface area contributed by atoms with E-state index in [1.54, 1.807) is 36.8 Å². The number of pyridine rings is 2. The maximum atomic E-state index is 12.8. The second kappa shape index (κ2) is 10.0. The van der Waals surface area contributed by atoms with Gasteiger partial charge in [-0.3, -0.25) is 9.59 Å². The maximum Gasteiger partial charge on any atom is 0.254 e. The Morgan fingerprint density at radius 3 is 2.83 bits per heavy atom. The van der Waals surface area contributed by atoms with Crippen LogP contribution in [0.2, 0.25) is 0 Å². The Bertz CT molecular complexity index is 1450. The predicted octanol–water partition coefficient (Wildman–Crippen LogP) is 2.10. The largest absolute Gasteiger partial charge is 0.489 e. The van der Waals surface area contributed by atoms with Crippen molar-refractivity contribution in [2.24, 2.45) is 11.1 Å². The first-order valence-electron chi connectivity index (χ1n) is 13.7. The average Bonchev–Trinajstić information content (AvgIpc) is 3.25. The van der Waals surface area contributed by atoms with Crippen LogP contribution in [0.4, 0.5) is 0 Å². The van der Waals surface area contributed by atoms with E-state index in [0.717, 1.165) is 48.0 Å². The third-order valence-electron chi connectivity index (χ3n) is 8.00. The lowest BCUT2D eigenvalue weighted by atomic mass is 9.53. The van der Waals surface area contributed by atoms with Gasteiger partial charge in [-0.15, -0.1) is 0 Å². The summed E-state index contributed by atoms with van der Waals surface area (Å²) in [6.07, 6.45) is 7.91. The molecule has 4 N–H and O–H groups in total. The first-order valence-corrected chi connectivity index (χ1v) is 13.7. The lowest BCUT2D eigenvalue weighted by Gasteiger charge is -2.57. The highest BCUT2D eigenvalue weighted by Crippen LogP contribution is 2.56. The summed E-state index contributed by atoms with van der Waals surface area (Å²) < 4.78 is 18.9. The normalized spacial score (nSPS) is 23.7. The molecule has 2 saturated carbocycles. The van der Waals surface area contributed by atoms with E-state index in [0.29, 0.717) is 36.8 Å². The zero-order valence-corrected chi connectivity index (χ0v) is 22.8. The zero-order valence-electron chi connectivity index (χ0n) is 22.8. The third-order valence-corrected chi connectivity index (χ3v) is 8.00. The van der Waals surface area contributed by atoms with Crippen molar-refractivity contribution in [1.82, 2.24) is 19.9 Å². The molecule has 0 unspecified atom stereocenters. The standard InChI is InChI=1S/C29H35N5O6/c1-28(2,37)16-39-20-3-4-24-17(13-31-34(24)14-20)8-25(35)32-19-9-29(10-19)11-21(12-29)40-27-22(26(30)36)7-18-15-38-6-5-23(18)33-27/h3-4,7,13-14,19,21,37H,5-6,8-12,15-16H2,1-2H3,(H2,30,36)(H,32,35). The number of fused-ring (bicyclic) bond motifs is 2. The van der Waals surface area contributed by atoms with Crippen molar-refractivity contribution in [3.8, 4) is 11.6 Å². The first kappa shape index (κ1) is 26.5. The van der Waals surface area contributed by atoms with Crippen LogP contribution in [0.1, 0.15) is 66.7 Å². The number of carbonyl (C=O) groups excluding carboxylic acids is 2. The van der Waals surface area contributed by atoms with Crippen LogP contribution in [-0.4, -0.2) is 62.5 Å². The van der Waals surface area contributed by atoms with Crippen LogP contribution in [0.3, 0.4) is 0 Å². The lowest BCUT2D eigenvalue weighted by Crippen LogP contribution is -2.59. The average molecular weight is 550 g/mol. The lowest BCUT2D eigenvalue weighted by molar-refractivity contribution is -0.127. The number of nitrogens with two attached hydrogens (primary N) is 1. The van der Waals surface area contributed by atoms with Crippen molar-refractivity contribution < 1.29 is 28.9 Å². The van der Waals surface area contributed by atoms with E-state index in [4.69, 9.17) is 19.9 Å². The fraction of sp³-hybridized carbons (Fsp3) is 0.517. The summed E-state index contributed by atoms with van der Waals surface area (Å²) in [5.74, 6) is 0.334. The molecule has 3 aromatic heterocycles. The van der Waals surface area contributed by atoms with E-state index in [2.05, 4.69) is 15.4 Å². The van der Waals surface area contributed by atoms with Gasteiger partial charge in [-0.2, -0.15) is 5.10 Å². The van der Waals surface area contributed by atoms with Crippen molar-refractivity contribution >= 4 is 17.3 Å². The minimum Gasteiger partial charge on any atom is -0.489 e. The van der Waals surface area contributed by atoms with Gasteiger partial charge < -0.3 is 30.4 Å². The van der Waals surface area contributed by atoms with E-state index >= 15 is 0 Å². The number of nitrogens with zero attached hydrogens (tertiary/aromatic N) is 3. The summed E-state index contributed by atoms with van der Waals surface area (Å²) in [4.78, 5) is 29.4. The highest BCUT2D eigenvalue weighted by molar-refractivity contribution is 5.95. The number of carbonyl (C=O) groups is 2. The summed E-state index contributed by atoms with van der Waals surface area (Å²) in [5.41, 5.74) is 8.60. The summed E-state index contributed by atoms with van der Waals surface area (Å²) in [6.45, 7) is 4.57. The van der Waals surface area contributed by atoms with E-state index in [1.807, 2.05) is 12.1 Å². The van der Waals surface area contributed by atoms with Crippen LogP contribution in [0.25, 0.3) is 5.52 Å². The van der Waals surface area contributed by atoms with Gasteiger partial charge in [-0.1, -0.05) is 0 Å². The van der Waals surface area contributed by atoms with Crippen molar-refractivity contribution in [3.63, 3.8) is 0 Å². The van der Waals surface area contributed by atoms with E-state index in [1.165, 1.54) is 0 Å². The smallest absolute Gasteiger partial charge is 0.254 e. The van der Waals surface area contributed by atoms with Gasteiger partial charge in [0.2, 0.25) is 11.8 Å². The number of rotatable bonds is 9. The van der Waals surface area contributed by atoms with Crippen molar-refractivity contribution in [1.29, 1.82) is 0 Å². The Labute approximate surface area is 232 Å². The van der Waals surface area contributed by atoms with Gasteiger partial charge in [-0.25, -0.2) is 9.50 Å². The fourth-order valence-electron chi connectivity index (χ4n) is 6.05. The summed E-state index contributed by atoms with van der Waals surface area (Å²) in [6, 6.07) is 5.57. The molecule has 212 valence electrons. The van der Waals surface area contributed by atoms with E-state index in [9.17, 15) is 14.7 Å². The molecule has 11 heteroatoms. The molecule has 2 fully saturated rings. The van der Waals surface area contributed by atoms with Crippen LogP contribution in [-0.2, 0) is 29.0 Å². The molecule has 0 radical (unpaired) electrons. The van der Waals surface area contributed by atoms with Crippen molar-refractivity contribution in [2.75, 3.05) is 13.2 Å². The highest BCUT2D eigenvalue weighted by Gasteiger charge is 2.54. The first-order chi connectivity index (χ1) is 19.1. The maximum absolute atomic E-state index is 12.8. The van der Waals surface area contributed by atoms with Crippen LogP contribution in [0.15, 0.2) is 30.6 Å². The quantitative estimate of drug-likeness (QED) is 0.367. The molecule has 3 aliphatic rings. The van der Waals surface area contributed by atoms with Crippen molar-refractivity contribution in [2.45, 2.75) is 76.7 Å². The fourth-order valence-corrected chi connectivity index (χ4v) is 6.05. The number of primary amides is 1. The van der Waals surface area contributed by atoms with Gasteiger partial charge in [0.25, 0.3) is 5.91 Å². The Morgan fingerprint density at radius 1 is 1.27 bits per heavy atom. The van der Waals surface area contributed by atoms with Crippen LogP contribution < -0.4 is 20.5 Å². The molecule has 4 heterocycles. The SMILES string of the molecule is CC(C)(O)COc1ccc2c(CC(=O)NC3CC4(C3)CC(Oc3nc5c(cc3C(N)=O)COCC5)C4)cnn2c1. The molecule has 11 nitrogen and oxygen atoms in total. The van der Waals surface area contributed by atoms with Gasteiger partial charge in [0, 0.05) is 23.6 Å². The minimum atomic E-state index is -0.931. The van der Waals surface area contributed by atoms with Gasteiger partial charge in [-0.05, 0) is 63.1 Å². The highest BCUT2D eigenvalue weighted by atomic mass is 16.5. The molecular weight excluding hydrogens is 514 g/mol. The molecular formula is C29H35N5O6. The number of nitrogens with one attached hydrogen (secondary N) is 1. The van der Waals surface area contributed by atoms with Crippen molar-refractivity contribution in [3.05, 3.63) is 53.0 Å². The van der Waals surface area contributed by atoms with Crippen LogP contribution >= 0.6 is 0 Å².